The Balaban J connectivity index is 1.67. The summed E-state index contributed by atoms with van der Waals surface area (Å²) in [7, 11) is 0. The van der Waals surface area contributed by atoms with Gasteiger partial charge in [0.1, 0.15) is 5.75 Å². The van der Waals surface area contributed by atoms with Gasteiger partial charge in [-0.05, 0) is 61.8 Å². The van der Waals surface area contributed by atoms with E-state index >= 15 is 0 Å². The summed E-state index contributed by atoms with van der Waals surface area (Å²) < 4.78 is 42.1. The average molecular weight is 427 g/mol. The number of phenols is 1. The molecule has 0 bridgehead atoms. The van der Waals surface area contributed by atoms with Crippen LogP contribution < -0.4 is 15.5 Å². The largest absolute Gasteiger partial charge is 0.506 e. The zero-order chi connectivity index (χ0) is 21.6. The van der Waals surface area contributed by atoms with E-state index in [1.807, 2.05) is 47.4 Å². The van der Waals surface area contributed by atoms with Gasteiger partial charge in [0, 0.05) is 24.1 Å². The number of anilines is 3. The van der Waals surface area contributed by atoms with Crippen molar-refractivity contribution < 1.29 is 18.3 Å². The predicted molar refractivity (Wildman–Crippen MR) is 116 cm³/mol. The molecule has 2 heterocycles. The Hall–Kier alpha value is -2.93. The Morgan fingerprint density at radius 3 is 2.55 bits per heavy atom. The van der Waals surface area contributed by atoms with E-state index in [2.05, 4.69) is 10.6 Å². The maximum Gasteiger partial charge on any atom is 0.416 e. The number of hydrogen-bond donors (Lipinski definition) is 3. The first-order valence-electron chi connectivity index (χ1n) is 10.5. The molecule has 7 heteroatoms. The number of para-hydroxylation sites is 2. The molecule has 3 N–H and O–H groups in total. The number of fused-ring (bicyclic) bond motifs is 2. The number of hydrogen-bond acceptors (Lipinski definition) is 4. The van der Waals surface area contributed by atoms with Crippen molar-refractivity contribution >= 4 is 17.1 Å². The number of allylic oxidation sites excluding steroid dienone is 3. The van der Waals surface area contributed by atoms with E-state index in [-0.39, 0.29) is 17.0 Å². The molecule has 1 saturated heterocycles. The normalized spacial score (nSPS) is 19.6. The number of nitrogens with zero attached hydrogens (tertiary/aromatic N) is 1. The highest BCUT2D eigenvalue weighted by atomic mass is 19.4. The van der Waals surface area contributed by atoms with Crippen LogP contribution in [-0.2, 0) is 11.6 Å². The van der Waals surface area contributed by atoms with E-state index in [9.17, 15) is 18.3 Å². The summed E-state index contributed by atoms with van der Waals surface area (Å²) in [6, 6.07) is 9.80. The van der Waals surface area contributed by atoms with Gasteiger partial charge in [0.2, 0.25) is 0 Å². The zero-order valence-corrected chi connectivity index (χ0v) is 17.0. The monoisotopic (exact) mass is 427 g/mol. The van der Waals surface area contributed by atoms with Crippen LogP contribution in [0.3, 0.4) is 0 Å². The molecule has 5 rings (SSSR count). The van der Waals surface area contributed by atoms with Gasteiger partial charge < -0.3 is 20.6 Å². The molecule has 2 aliphatic heterocycles. The van der Waals surface area contributed by atoms with Crippen LogP contribution in [0.15, 0.2) is 60.3 Å². The van der Waals surface area contributed by atoms with Gasteiger partial charge in [0.25, 0.3) is 0 Å². The van der Waals surface area contributed by atoms with Crippen LogP contribution in [0.5, 0.6) is 5.75 Å². The molecule has 1 spiro atoms. The molecule has 0 radical (unpaired) electrons. The minimum Gasteiger partial charge on any atom is -0.506 e. The molecule has 31 heavy (non-hydrogen) atoms. The second kappa shape index (κ2) is 7.34. The van der Waals surface area contributed by atoms with Gasteiger partial charge in [0.15, 0.2) is 0 Å². The third kappa shape index (κ3) is 3.37. The fraction of sp³-hybridized carbons (Fsp3) is 0.333. The van der Waals surface area contributed by atoms with Gasteiger partial charge in [-0.1, -0.05) is 24.3 Å². The molecule has 0 atom stereocenters. The van der Waals surface area contributed by atoms with E-state index in [0.29, 0.717) is 32.5 Å². The summed E-state index contributed by atoms with van der Waals surface area (Å²) in [5, 5.41) is 17.5. The average Bonchev–Trinajstić information content (AvgIpc) is 3.36. The van der Waals surface area contributed by atoms with Crippen molar-refractivity contribution in [3.8, 4) is 5.75 Å². The number of halogens is 3. The van der Waals surface area contributed by atoms with Crippen LogP contribution in [0, 0.1) is 0 Å². The molecule has 1 fully saturated rings. The van der Waals surface area contributed by atoms with Gasteiger partial charge in [-0.15, -0.1) is 0 Å². The molecular weight excluding hydrogens is 403 g/mol. The molecule has 2 aromatic carbocycles. The molecule has 0 unspecified atom stereocenters. The first kappa shape index (κ1) is 20.0. The third-order valence-electron chi connectivity index (χ3n) is 6.55. The SMILES string of the molecule is Oc1ccc(C(F)(F)F)c2c1N(c1ccccc1NC1=CC=CC1)CC21CCNCC1. The minimum absolute atomic E-state index is 0.116. The molecule has 0 amide bonds. The minimum atomic E-state index is -4.48. The van der Waals surface area contributed by atoms with E-state index in [1.165, 1.54) is 6.07 Å². The Morgan fingerprint density at radius 2 is 1.84 bits per heavy atom. The molecule has 0 aromatic heterocycles. The van der Waals surface area contributed by atoms with Crippen LogP contribution in [0.4, 0.5) is 30.2 Å². The second-order valence-corrected chi connectivity index (χ2v) is 8.44. The van der Waals surface area contributed by atoms with Crippen LogP contribution in [0.2, 0.25) is 0 Å². The fourth-order valence-corrected chi connectivity index (χ4v) is 5.13. The topological polar surface area (TPSA) is 47.5 Å². The lowest BCUT2D eigenvalue weighted by Crippen LogP contribution is -2.43. The standard InChI is InChI=1S/C24H24F3N3O/c25-24(26,27)17-9-10-20(31)22-21(17)23(11-13-28-14-12-23)15-30(22)19-8-4-3-7-18(19)29-16-5-1-2-6-16/h1-5,7-10,28-29,31H,6,11-15H2. The summed E-state index contributed by atoms with van der Waals surface area (Å²) >= 11 is 0. The van der Waals surface area contributed by atoms with Gasteiger partial charge in [-0.25, -0.2) is 0 Å². The van der Waals surface area contributed by atoms with Crippen molar-refractivity contribution in [2.75, 3.05) is 29.9 Å². The maximum atomic E-state index is 14.0. The quantitative estimate of drug-likeness (QED) is 0.611. The molecule has 162 valence electrons. The third-order valence-corrected chi connectivity index (χ3v) is 6.55. The fourth-order valence-electron chi connectivity index (χ4n) is 5.13. The Labute approximate surface area is 179 Å². The second-order valence-electron chi connectivity index (χ2n) is 8.44. The molecule has 3 aliphatic rings. The van der Waals surface area contributed by atoms with Gasteiger partial charge in [-0.3, -0.25) is 0 Å². The van der Waals surface area contributed by atoms with Crippen LogP contribution >= 0.6 is 0 Å². The predicted octanol–water partition coefficient (Wildman–Crippen LogP) is 5.44. The first-order valence-corrected chi connectivity index (χ1v) is 10.5. The van der Waals surface area contributed by atoms with Crippen molar-refractivity contribution in [3.05, 3.63) is 71.5 Å². The van der Waals surface area contributed by atoms with Crippen LogP contribution in [0.1, 0.15) is 30.4 Å². The highest BCUT2D eigenvalue weighted by molar-refractivity contribution is 5.85. The first-order chi connectivity index (χ1) is 14.9. The number of aromatic hydroxyl groups is 1. The summed E-state index contributed by atoms with van der Waals surface area (Å²) in [6.45, 7) is 1.71. The van der Waals surface area contributed by atoms with Crippen LogP contribution in [0.25, 0.3) is 0 Å². The number of phenolic OH excluding ortho intramolecular Hbond substituents is 1. The van der Waals surface area contributed by atoms with E-state index in [4.69, 9.17) is 0 Å². The molecule has 1 aliphatic carbocycles. The van der Waals surface area contributed by atoms with Gasteiger partial charge in [-0.2, -0.15) is 13.2 Å². The van der Waals surface area contributed by atoms with Crippen molar-refractivity contribution in [3.63, 3.8) is 0 Å². The Kier molecular flexibility index (Phi) is 4.73. The van der Waals surface area contributed by atoms with E-state index in [0.717, 1.165) is 29.6 Å². The lowest BCUT2D eigenvalue weighted by Gasteiger charge is -2.36. The Morgan fingerprint density at radius 1 is 1.06 bits per heavy atom. The number of rotatable bonds is 3. The number of nitrogens with one attached hydrogen (secondary N) is 2. The van der Waals surface area contributed by atoms with Crippen LogP contribution in [-0.4, -0.2) is 24.7 Å². The number of piperidine rings is 1. The lowest BCUT2D eigenvalue weighted by molar-refractivity contribution is -0.138. The number of alkyl halides is 3. The molecular formula is C24H24F3N3O. The lowest BCUT2D eigenvalue weighted by atomic mass is 9.73. The van der Waals surface area contributed by atoms with Crippen molar-refractivity contribution in [1.82, 2.24) is 5.32 Å². The maximum absolute atomic E-state index is 14.0. The highest BCUT2D eigenvalue weighted by Gasteiger charge is 2.51. The summed E-state index contributed by atoms with van der Waals surface area (Å²) in [4.78, 5) is 1.87. The summed E-state index contributed by atoms with van der Waals surface area (Å²) in [6.07, 6.45) is 3.49. The molecule has 0 saturated carbocycles. The van der Waals surface area contributed by atoms with Crippen molar-refractivity contribution in [2.24, 2.45) is 0 Å². The zero-order valence-electron chi connectivity index (χ0n) is 17.0. The van der Waals surface area contributed by atoms with Gasteiger partial charge >= 0.3 is 6.18 Å². The van der Waals surface area contributed by atoms with Crippen molar-refractivity contribution in [2.45, 2.75) is 30.9 Å². The molecule has 4 nitrogen and oxygen atoms in total. The Bertz CT molecular complexity index is 1070. The smallest absolute Gasteiger partial charge is 0.416 e. The highest BCUT2D eigenvalue weighted by Crippen LogP contribution is 2.57. The van der Waals surface area contributed by atoms with E-state index in [1.54, 1.807) is 0 Å². The molecule has 2 aromatic rings. The number of benzene rings is 2. The van der Waals surface area contributed by atoms with Gasteiger partial charge in [0.05, 0.1) is 22.6 Å². The van der Waals surface area contributed by atoms with Crippen molar-refractivity contribution in [1.29, 1.82) is 0 Å². The van der Waals surface area contributed by atoms with E-state index < -0.39 is 17.2 Å². The summed E-state index contributed by atoms with van der Waals surface area (Å²) in [5.41, 5.74) is 1.82. The summed E-state index contributed by atoms with van der Waals surface area (Å²) in [5.74, 6) is -0.116.